The van der Waals surface area contributed by atoms with Crippen LogP contribution in [-0.2, 0) is 22.4 Å². The average Bonchev–Trinajstić information content (AvgIpc) is 2.50. The number of hydrogen-bond acceptors (Lipinski definition) is 2. The zero-order chi connectivity index (χ0) is 17.7. The van der Waals surface area contributed by atoms with Crippen LogP contribution in [0, 0.1) is 18.6 Å². The third-order valence-corrected chi connectivity index (χ3v) is 3.50. The van der Waals surface area contributed by atoms with Crippen LogP contribution in [0.25, 0.3) is 0 Å². The predicted octanol–water partition coefficient (Wildman–Crippen LogP) is 2.63. The molecule has 24 heavy (non-hydrogen) atoms. The van der Waals surface area contributed by atoms with Gasteiger partial charge < -0.3 is 10.4 Å². The van der Waals surface area contributed by atoms with Gasteiger partial charge in [-0.2, -0.15) is 0 Å². The van der Waals surface area contributed by atoms with Crippen LogP contribution < -0.4 is 5.32 Å². The molecule has 2 N–H and O–H groups in total. The molecule has 0 unspecified atom stereocenters. The number of carbonyl (C=O) groups excluding carboxylic acids is 1. The van der Waals surface area contributed by atoms with Gasteiger partial charge in [-0.3, -0.25) is 4.79 Å². The van der Waals surface area contributed by atoms with Gasteiger partial charge in [0.25, 0.3) is 0 Å². The Morgan fingerprint density at radius 3 is 2.46 bits per heavy atom. The second-order valence-electron chi connectivity index (χ2n) is 5.58. The Kier molecular flexibility index (Phi) is 5.63. The van der Waals surface area contributed by atoms with E-state index in [2.05, 4.69) is 5.32 Å². The van der Waals surface area contributed by atoms with E-state index < -0.39 is 29.6 Å². The Morgan fingerprint density at radius 1 is 1.08 bits per heavy atom. The first-order valence-corrected chi connectivity index (χ1v) is 7.37. The number of halogens is 2. The van der Waals surface area contributed by atoms with Crippen molar-refractivity contribution in [1.29, 1.82) is 0 Å². The van der Waals surface area contributed by atoms with E-state index in [1.807, 2.05) is 25.1 Å². The molecular weight excluding hydrogens is 316 g/mol. The largest absolute Gasteiger partial charge is 0.480 e. The molecule has 4 nitrogen and oxygen atoms in total. The van der Waals surface area contributed by atoms with E-state index in [0.29, 0.717) is 0 Å². The molecule has 0 saturated carbocycles. The van der Waals surface area contributed by atoms with Crippen molar-refractivity contribution in [2.75, 3.05) is 0 Å². The van der Waals surface area contributed by atoms with E-state index in [4.69, 9.17) is 0 Å². The van der Waals surface area contributed by atoms with E-state index in [-0.39, 0.29) is 18.4 Å². The van der Waals surface area contributed by atoms with E-state index in [9.17, 15) is 23.5 Å². The van der Waals surface area contributed by atoms with Crippen LogP contribution >= 0.6 is 0 Å². The fourth-order valence-corrected chi connectivity index (χ4v) is 2.36. The molecular formula is C18H17F2NO3. The number of amides is 1. The Balaban J connectivity index is 2.02. The summed E-state index contributed by atoms with van der Waals surface area (Å²) in [5.41, 5.74) is 2.05. The van der Waals surface area contributed by atoms with Crippen molar-refractivity contribution in [2.45, 2.75) is 25.8 Å². The lowest BCUT2D eigenvalue weighted by Gasteiger charge is -2.15. The molecule has 0 aliphatic heterocycles. The highest BCUT2D eigenvalue weighted by molar-refractivity contribution is 5.85. The first-order valence-electron chi connectivity index (χ1n) is 7.37. The number of carboxylic acids is 1. The zero-order valence-corrected chi connectivity index (χ0v) is 13.1. The van der Waals surface area contributed by atoms with Crippen LogP contribution in [0.2, 0.25) is 0 Å². The number of nitrogens with one attached hydrogen (secondary N) is 1. The standard InChI is InChI=1S/C18H17F2NO3/c1-11-3-2-4-12(7-11)9-16(18(23)24)21-17(22)10-13-5-6-14(19)15(20)8-13/h2-8,16H,9-10H2,1H3,(H,21,22)(H,23,24)/t16-/m1/s1. The van der Waals surface area contributed by atoms with Crippen molar-refractivity contribution in [2.24, 2.45) is 0 Å². The highest BCUT2D eigenvalue weighted by Gasteiger charge is 2.20. The third kappa shape index (κ3) is 4.87. The van der Waals surface area contributed by atoms with Crippen LogP contribution in [0.15, 0.2) is 42.5 Å². The lowest BCUT2D eigenvalue weighted by atomic mass is 10.0. The lowest BCUT2D eigenvalue weighted by Crippen LogP contribution is -2.43. The Morgan fingerprint density at radius 2 is 1.83 bits per heavy atom. The van der Waals surface area contributed by atoms with E-state index in [1.165, 1.54) is 6.07 Å². The molecule has 2 rings (SSSR count). The number of carbonyl (C=O) groups is 2. The van der Waals surface area contributed by atoms with Gasteiger partial charge in [-0.05, 0) is 30.2 Å². The first-order chi connectivity index (χ1) is 11.3. The minimum absolute atomic E-state index is 0.139. The maximum atomic E-state index is 13.1. The van der Waals surface area contributed by atoms with Gasteiger partial charge in [-0.15, -0.1) is 0 Å². The maximum Gasteiger partial charge on any atom is 0.326 e. The minimum Gasteiger partial charge on any atom is -0.480 e. The molecule has 6 heteroatoms. The fraction of sp³-hybridized carbons (Fsp3) is 0.222. The van der Waals surface area contributed by atoms with Gasteiger partial charge in [0.15, 0.2) is 11.6 Å². The van der Waals surface area contributed by atoms with Gasteiger partial charge in [0.2, 0.25) is 5.91 Å². The summed E-state index contributed by atoms with van der Waals surface area (Å²) in [6.45, 7) is 1.89. The number of aryl methyl sites for hydroxylation is 1. The highest BCUT2D eigenvalue weighted by Crippen LogP contribution is 2.10. The Labute approximate surface area is 138 Å². The van der Waals surface area contributed by atoms with E-state index in [0.717, 1.165) is 23.3 Å². The normalized spacial score (nSPS) is 11.8. The first kappa shape index (κ1) is 17.6. The van der Waals surface area contributed by atoms with E-state index in [1.54, 1.807) is 6.07 Å². The van der Waals surface area contributed by atoms with Crippen molar-refractivity contribution in [1.82, 2.24) is 5.32 Å². The molecule has 0 heterocycles. The molecule has 0 saturated heterocycles. The van der Waals surface area contributed by atoms with Gasteiger partial charge in [0.05, 0.1) is 6.42 Å². The van der Waals surface area contributed by atoms with Gasteiger partial charge >= 0.3 is 5.97 Å². The quantitative estimate of drug-likeness (QED) is 0.854. The smallest absolute Gasteiger partial charge is 0.326 e. The molecule has 126 valence electrons. The SMILES string of the molecule is Cc1cccc(C[C@@H](NC(=O)Cc2ccc(F)c(F)c2)C(=O)O)c1. The summed E-state index contributed by atoms with van der Waals surface area (Å²) in [5, 5.41) is 11.7. The predicted molar refractivity (Wildman–Crippen MR) is 84.5 cm³/mol. The van der Waals surface area contributed by atoms with Crippen LogP contribution in [-0.4, -0.2) is 23.0 Å². The zero-order valence-electron chi connectivity index (χ0n) is 13.1. The molecule has 0 fully saturated rings. The average molecular weight is 333 g/mol. The van der Waals surface area contributed by atoms with Crippen molar-refractivity contribution >= 4 is 11.9 Å². The molecule has 2 aromatic carbocycles. The van der Waals surface area contributed by atoms with Crippen molar-refractivity contribution in [3.05, 3.63) is 70.8 Å². The monoisotopic (exact) mass is 333 g/mol. The van der Waals surface area contributed by atoms with Crippen LogP contribution in [0.5, 0.6) is 0 Å². The van der Waals surface area contributed by atoms with E-state index >= 15 is 0 Å². The third-order valence-electron chi connectivity index (χ3n) is 3.50. The van der Waals surface area contributed by atoms with Crippen molar-refractivity contribution in [3.8, 4) is 0 Å². The number of carboxylic acid groups (broad SMARTS) is 1. The number of aliphatic carboxylic acids is 1. The maximum absolute atomic E-state index is 13.1. The number of benzene rings is 2. The molecule has 0 aliphatic rings. The summed E-state index contributed by atoms with van der Waals surface area (Å²) < 4.78 is 26.0. The van der Waals surface area contributed by atoms with Crippen LogP contribution in [0.4, 0.5) is 8.78 Å². The second kappa shape index (κ2) is 7.68. The van der Waals surface area contributed by atoms with Gasteiger partial charge in [0, 0.05) is 6.42 Å². The lowest BCUT2D eigenvalue weighted by molar-refractivity contribution is -0.141. The van der Waals surface area contributed by atoms with Crippen LogP contribution in [0.3, 0.4) is 0 Å². The summed E-state index contributed by atoms with van der Waals surface area (Å²) in [6, 6.07) is 9.37. The summed E-state index contributed by atoms with van der Waals surface area (Å²) in [4.78, 5) is 23.3. The van der Waals surface area contributed by atoms with Gasteiger partial charge in [-0.1, -0.05) is 35.9 Å². The van der Waals surface area contributed by atoms with Gasteiger partial charge in [0.1, 0.15) is 6.04 Å². The van der Waals surface area contributed by atoms with Crippen molar-refractivity contribution in [3.63, 3.8) is 0 Å². The molecule has 2 aromatic rings. The number of rotatable bonds is 6. The molecule has 1 atom stereocenters. The molecule has 0 aromatic heterocycles. The highest BCUT2D eigenvalue weighted by atomic mass is 19.2. The van der Waals surface area contributed by atoms with Crippen molar-refractivity contribution < 1.29 is 23.5 Å². The van der Waals surface area contributed by atoms with Gasteiger partial charge in [-0.25, -0.2) is 13.6 Å². The summed E-state index contributed by atoms with van der Waals surface area (Å²) in [5.74, 6) is -3.77. The van der Waals surface area contributed by atoms with Crippen LogP contribution in [0.1, 0.15) is 16.7 Å². The topological polar surface area (TPSA) is 66.4 Å². The Hall–Kier alpha value is -2.76. The fourth-order valence-electron chi connectivity index (χ4n) is 2.36. The number of hydrogen-bond donors (Lipinski definition) is 2. The summed E-state index contributed by atoms with van der Waals surface area (Å²) in [6.07, 6.45) is -0.0880. The molecule has 0 radical (unpaired) electrons. The summed E-state index contributed by atoms with van der Waals surface area (Å²) in [7, 11) is 0. The molecule has 0 bridgehead atoms. The molecule has 1 amide bonds. The summed E-state index contributed by atoms with van der Waals surface area (Å²) >= 11 is 0. The molecule has 0 spiro atoms. The Bertz CT molecular complexity index is 762. The second-order valence-corrected chi connectivity index (χ2v) is 5.58. The molecule has 0 aliphatic carbocycles. The minimum atomic E-state index is -1.16.